The van der Waals surface area contributed by atoms with E-state index in [1.54, 1.807) is 6.07 Å². The van der Waals surface area contributed by atoms with Crippen LogP contribution in [0.1, 0.15) is 22.3 Å². The van der Waals surface area contributed by atoms with Gasteiger partial charge in [-0.2, -0.15) is 13.2 Å². The molecule has 1 amide bonds. The predicted octanol–water partition coefficient (Wildman–Crippen LogP) is 4.25. The molecule has 1 aliphatic rings. The zero-order chi connectivity index (χ0) is 24.7. The number of anilines is 1. The van der Waals surface area contributed by atoms with E-state index in [9.17, 15) is 18.0 Å². The molecule has 2 aromatic carbocycles. The summed E-state index contributed by atoms with van der Waals surface area (Å²) in [5.74, 6) is -0.241. The zero-order valence-electron chi connectivity index (χ0n) is 19.9. The normalized spacial score (nSPS) is 14.1. The molecule has 1 N–H and O–H groups in total. The fraction of sp³-hybridized carbons (Fsp3) is 0.423. The van der Waals surface area contributed by atoms with Crippen molar-refractivity contribution >= 4 is 11.6 Å². The second kappa shape index (κ2) is 11.5. The van der Waals surface area contributed by atoms with Crippen LogP contribution in [-0.2, 0) is 30.5 Å². The first-order chi connectivity index (χ1) is 16.2. The number of likely N-dealkylation sites (N-methyl/N-ethyl adjacent to an activating group) is 1. The summed E-state index contributed by atoms with van der Waals surface area (Å²) < 4.78 is 40.5. The van der Waals surface area contributed by atoms with Gasteiger partial charge in [-0.05, 0) is 49.3 Å². The number of fused-ring (bicyclic) bond motifs is 1. The van der Waals surface area contributed by atoms with Crippen LogP contribution >= 0.6 is 0 Å². The number of halogens is 3. The second-order valence-corrected chi connectivity index (χ2v) is 8.84. The summed E-state index contributed by atoms with van der Waals surface area (Å²) >= 11 is 0. The Labute approximate surface area is 199 Å². The molecule has 0 spiro atoms. The Morgan fingerprint density at radius 2 is 1.91 bits per heavy atom. The minimum absolute atomic E-state index is 0.0134. The van der Waals surface area contributed by atoms with Crippen molar-refractivity contribution in [3.63, 3.8) is 0 Å². The molecule has 0 bridgehead atoms. The van der Waals surface area contributed by atoms with E-state index in [1.165, 1.54) is 22.6 Å². The number of carbonyl (C=O) groups excluding carboxylic acids is 1. The van der Waals surface area contributed by atoms with Gasteiger partial charge in [0.1, 0.15) is 0 Å². The summed E-state index contributed by atoms with van der Waals surface area (Å²) in [6, 6.07) is 11.5. The molecular formula is C26H33F3N4O. The number of nitrogens with one attached hydrogen (secondary N) is 1. The lowest BCUT2D eigenvalue weighted by molar-refractivity contribution is -0.139. The Morgan fingerprint density at radius 1 is 1.15 bits per heavy atom. The maximum absolute atomic E-state index is 13.5. The molecule has 0 fully saturated rings. The van der Waals surface area contributed by atoms with E-state index in [-0.39, 0.29) is 24.6 Å². The second-order valence-electron chi connectivity index (χ2n) is 8.84. The highest BCUT2D eigenvalue weighted by Gasteiger charge is 2.33. The lowest BCUT2D eigenvalue weighted by atomic mass is 9.98. The molecule has 0 atom stereocenters. The van der Waals surface area contributed by atoms with Gasteiger partial charge in [0.25, 0.3) is 0 Å². The molecule has 1 aliphatic heterocycles. The fourth-order valence-corrected chi connectivity index (χ4v) is 4.18. The number of carbonyl (C=O) groups is 1. The monoisotopic (exact) mass is 474 g/mol. The molecule has 0 saturated carbocycles. The zero-order valence-corrected chi connectivity index (χ0v) is 19.9. The maximum atomic E-state index is 13.5. The van der Waals surface area contributed by atoms with Crippen LogP contribution in [0.5, 0.6) is 0 Å². The SMILES string of the molecule is C=CCN1CCc2cccc(NCC(=O)N(CCN(C)C)Cc3ccccc3C(F)(F)F)c2C1. The number of hydrogen-bond acceptors (Lipinski definition) is 4. The van der Waals surface area contributed by atoms with Crippen molar-refractivity contribution in [3.05, 3.63) is 77.4 Å². The highest BCUT2D eigenvalue weighted by Crippen LogP contribution is 2.32. The molecule has 1 heterocycles. The molecule has 5 nitrogen and oxygen atoms in total. The largest absolute Gasteiger partial charge is 0.416 e. The van der Waals surface area contributed by atoms with Crippen LogP contribution < -0.4 is 5.32 Å². The smallest absolute Gasteiger partial charge is 0.376 e. The van der Waals surface area contributed by atoms with E-state index < -0.39 is 11.7 Å². The number of hydrogen-bond donors (Lipinski definition) is 1. The number of rotatable bonds is 10. The number of amides is 1. The van der Waals surface area contributed by atoms with Crippen molar-refractivity contribution in [2.75, 3.05) is 52.1 Å². The maximum Gasteiger partial charge on any atom is 0.416 e. The summed E-state index contributed by atoms with van der Waals surface area (Å²) in [6.07, 6.45) is -1.66. The lowest BCUT2D eigenvalue weighted by Gasteiger charge is -2.30. The molecule has 0 saturated heterocycles. The van der Waals surface area contributed by atoms with Crippen LogP contribution in [-0.4, -0.2) is 67.4 Å². The summed E-state index contributed by atoms with van der Waals surface area (Å²) in [7, 11) is 3.74. The van der Waals surface area contributed by atoms with Crippen LogP contribution in [0.3, 0.4) is 0 Å². The minimum Gasteiger partial charge on any atom is -0.376 e. The first-order valence-corrected chi connectivity index (χ1v) is 11.4. The van der Waals surface area contributed by atoms with Gasteiger partial charge in [-0.1, -0.05) is 36.4 Å². The van der Waals surface area contributed by atoms with Gasteiger partial charge in [-0.25, -0.2) is 0 Å². The van der Waals surface area contributed by atoms with Gasteiger partial charge in [-0.3, -0.25) is 9.69 Å². The van der Waals surface area contributed by atoms with Gasteiger partial charge in [-0.15, -0.1) is 6.58 Å². The highest BCUT2D eigenvalue weighted by atomic mass is 19.4. The Kier molecular flexibility index (Phi) is 8.74. The van der Waals surface area contributed by atoms with E-state index in [2.05, 4.69) is 22.9 Å². The van der Waals surface area contributed by atoms with Crippen LogP contribution in [0.15, 0.2) is 55.1 Å². The van der Waals surface area contributed by atoms with Gasteiger partial charge in [0.15, 0.2) is 0 Å². The average molecular weight is 475 g/mol. The van der Waals surface area contributed by atoms with Crippen LogP contribution in [0.2, 0.25) is 0 Å². The topological polar surface area (TPSA) is 38.8 Å². The number of alkyl halides is 3. The third kappa shape index (κ3) is 6.84. The lowest BCUT2D eigenvalue weighted by Crippen LogP contribution is -2.40. The summed E-state index contributed by atoms with van der Waals surface area (Å²) in [4.78, 5) is 18.9. The Hall–Kier alpha value is -2.84. The highest BCUT2D eigenvalue weighted by molar-refractivity contribution is 5.81. The first kappa shape index (κ1) is 25.8. The van der Waals surface area contributed by atoms with Crippen molar-refractivity contribution in [1.29, 1.82) is 0 Å². The third-order valence-corrected chi connectivity index (χ3v) is 6.02. The molecule has 184 valence electrons. The van der Waals surface area contributed by atoms with Crippen molar-refractivity contribution < 1.29 is 18.0 Å². The van der Waals surface area contributed by atoms with Crippen molar-refractivity contribution in [2.24, 2.45) is 0 Å². The number of benzene rings is 2. The van der Waals surface area contributed by atoms with Gasteiger partial charge in [0.05, 0.1) is 12.1 Å². The summed E-state index contributed by atoms with van der Waals surface area (Å²) in [5, 5.41) is 3.25. The molecule has 0 unspecified atom stereocenters. The fourth-order valence-electron chi connectivity index (χ4n) is 4.18. The van der Waals surface area contributed by atoms with Gasteiger partial charge in [0, 0.05) is 45.0 Å². The standard InChI is InChI=1S/C26H33F3N4O/c1-4-13-32-14-12-20-9-7-11-24(22(20)19-32)30-17-25(34)33(16-15-31(2)3)18-21-8-5-6-10-23(21)26(27,28)29/h4-11,30H,1,12-19H2,2-3H3. The summed E-state index contributed by atoms with van der Waals surface area (Å²) in [5.41, 5.74) is 2.69. The molecule has 2 aromatic rings. The molecule has 0 radical (unpaired) electrons. The quantitative estimate of drug-likeness (QED) is 0.523. The molecule has 0 aromatic heterocycles. The van der Waals surface area contributed by atoms with E-state index >= 15 is 0 Å². The van der Waals surface area contributed by atoms with E-state index in [0.29, 0.717) is 13.1 Å². The van der Waals surface area contributed by atoms with Crippen LogP contribution in [0.4, 0.5) is 18.9 Å². The number of nitrogens with zero attached hydrogens (tertiary/aromatic N) is 3. The summed E-state index contributed by atoms with van der Waals surface area (Å²) in [6.45, 7) is 7.14. The Bertz CT molecular complexity index is 990. The predicted molar refractivity (Wildman–Crippen MR) is 130 cm³/mol. The third-order valence-electron chi connectivity index (χ3n) is 6.02. The molecule has 8 heteroatoms. The van der Waals surface area contributed by atoms with E-state index in [0.717, 1.165) is 43.4 Å². The molecule has 0 aliphatic carbocycles. The van der Waals surface area contributed by atoms with Crippen molar-refractivity contribution in [1.82, 2.24) is 14.7 Å². The van der Waals surface area contributed by atoms with Gasteiger partial charge < -0.3 is 15.1 Å². The van der Waals surface area contributed by atoms with Gasteiger partial charge >= 0.3 is 6.18 Å². The average Bonchev–Trinajstić information content (AvgIpc) is 2.80. The van der Waals surface area contributed by atoms with Crippen LogP contribution in [0, 0.1) is 0 Å². The minimum atomic E-state index is -4.47. The Balaban J connectivity index is 1.75. The first-order valence-electron chi connectivity index (χ1n) is 11.4. The van der Waals surface area contributed by atoms with E-state index in [4.69, 9.17) is 0 Å². The molecule has 34 heavy (non-hydrogen) atoms. The molecular weight excluding hydrogens is 441 g/mol. The van der Waals surface area contributed by atoms with Crippen LogP contribution in [0.25, 0.3) is 0 Å². The molecule has 3 rings (SSSR count). The van der Waals surface area contributed by atoms with Gasteiger partial charge in [0.2, 0.25) is 5.91 Å². The van der Waals surface area contributed by atoms with Crippen molar-refractivity contribution in [2.45, 2.75) is 25.7 Å². The Morgan fingerprint density at radius 3 is 2.62 bits per heavy atom. The van der Waals surface area contributed by atoms with Crippen molar-refractivity contribution in [3.8, 4) is 0 Å². The van der Waals surface area contributed by atoms with E-state index in [1.807, 2.05) is 37.2 Å².